The van der Waals surface area contributed by atoms with E-state index in [0.29, 0.717) is 22.2 Å². The summed E-state index contributed by atoms with van der Waals surface area (Å²) in [5.41, 5.74) is 2.13. The van der Waals surface area contributed by atoms with Crippen LogP contribution < -0.4 is 10.1 Å². The lowest BCUT2D eigenvalue weighted by atomic mass is 10.0. The molecule has 5 rings (SSSR count). The molecule has 1 N–H and O–H groups in total. The number of rotatable bonds is 7. The SMILES string of the molecule is COc1cnc(C(F)F)cc1-c1cnccc1C(=O)Nc1nnc(C2CC2c2ccc(C#N)cc2)s1. The van der Waals surface area contributed by atoms with Crippen LogP contribution in [0.2, 0.25) is 0 Å². The first-order chi connectivity index (χ1) is 17.5. The van der Waals surface area contributed by atoms with Crippen molar-refractivity contribution in [3.8, 4) is 22.9 Å². The summed E-state index contributed by atoms with van der Waals surface area (Å²) in [6, 6.07) is 12.3. The first-order valence-electron chi connectivity index (χ1n) is 10.9. The molecule has 1 aliphatic carbocycles. The summed E-state index contributed by atoms with van der Waals surface area (Å²) >= 11 is 1.29. The van der Waals surface area contributed by atoms with Gasteiger partial charge in [0, 0.05) is 29.4 Å². The zero-order chi connectivity index (χ0) is 25.2. The van der Waals surface area contributed by atoms with Crippen LogP contribution in [0, 0.1) is 11.3 Å². The maximum atomic E-state index is 13.3. The van der Waals surface area contributed by atoms with Crippen LogP contribution in [0.3, 0.4) is 0 Å². The number of alkyl halides is 2. The Hall–Kier alpha value is -4.30. The maximum absolute atomic E-state index is 13.3. The summed E-state index contributed by atoms with van der Waals surface area (Å²) in [5, 5.41) is 21.2. The Morgan fingerprint density at radius 3 is 2.69 bits per heavy atom. The van der Waals surface area contributed by atoms with E-state index in [0.717, 1.165) is 17.0 Å². The number of ether oxygens (including phenoxy) is 1. The van der Waals surface area contributed by atoms with Crippen molar-refractivity contribution >= 4 is 22.4 Å². The van der Waals surface area contributed by atoms with Crippen LogP contribution in [0.4, 0.5) is 13.9 Å². The summed E-state index contributed by atoms with van der Waals surface area (Å²) < 4.78 is 31.8. The lowest BCUT2D eigenvalue weighted by molar-refractivity contribution is 0.102. The number of hydrogen-bond donors (Lipinski definition) is 1. The molecule has 0 bridgehead atoms. The fraction of sp³-hybridized carbons (Fsp3) is 0.200. The Bertz CT molecular complexity index is 1470. The van der Waals surface area contributed by atoms with Gasteiger partial charge in [0.1, 0.15) is 16.5 Å². The van der Waals surface area contributed by atoms with E-state index in [-0.39, 0.29) is 22.8 Å². The van der Waals surface area contributed by atoms with Crippen molar-refractivity contribution in [3.05, 3.63) is 82.4 Å². The van der Waals surface area contributed by atoms with Crippen LogP contribution in [0.15, 0.2) is 55.0 Å². The van der Waals surface area contributed by atoms with Gasteiger partial charge in [-0.15, -0.1) is 10.2 Å². The lowest BCUT2D eigenvalue weighted by Crippen LogP contribution is -2.13. The molecule has 4 aromatic rings. The van der Waals surface area contributed by atoms with Crippen LogP contribution in [0.5, 0.6) is 5.75 Å². The molecule has 2 atom stereocenters. The zero-order valence-corrected chi connectivity index (χ0v) is 19.7. The summed E-state index contributed by atoms with van der Waals surface area (Å²) in [7, 11) is 1.39. The highest BCUT2D eigenvalue weighted by atomic mass is 32.1. The molecule has 1 aromatic carbocycles. The molecule has 2 unspecified atom stereocenters. The summed E-state index contributed by atoms with van der Waals surface area (Å²) in [4.78, 5) is 20.9. The molecule has 0 aliphatic heterocycles. The van der Waals surface area contributed by atoms with Crippen molar-refractivity contribution in [3.63, 3.8) is 0 Å². The van der Waals surface area contributed by atoms with Crippen molar-refractivity contribution in [1.29, 1.82) is 5.26 Å². The highest BCUT2D eigenvalue weighted by Crippen LogP contribution is 2.55. The summed E-state index contributed by atoms with van der Waals surface area (Å²) in [6.45, 7) is 0. The van der Waals surface area contributed by atoms with E-state index >= 15 is 0 Å². The molecule has 0 saturated heterocycles. The molecule has 1 amide bonds. The predicted molar refractivity (Wildman–Crippen MR) is 128 cm³/mol. The van der Waals surface area contributed by atoms with E-state index in [9.17, 15) is 13.6 Å². The van der Waals surface area contributed by atoms with Crippen LogP contribution in [-0.4, -0.2) is 33.2 Å². The Morgan fingerprint density at radius 1 is 1.17 bits per heavy atom. The molecule has 3 heterocycles. The highest BCUT2D eigenvalue weighted by molar-refractivity contribution is 7.15. The van der Waals surface area contributed by atoms with E-state index in [2.05, 4.69) is 31.6 Å². The molecular formula is C25H18F2N6O2S. The van der Waals surface area contributed by atoms with Crippen molar-refractivity contribution in [2.75, 3.05) is 12.4 Å². The maximum Gasteiger partial charge on any atom is 0.280 e. The minimum Gasteiger partial charge on any atom is -0.494 e. The van der Waals surface area contributed by atoms with E-state index < -0.39 is 18.0 Å². The van der Waals surface area contributed by atoms with Gasteiger partial charge < -0.3 is 4.74 Å². The summed E-state index contributed by atoms with van der Waals surface area (Å²) in [6.07, 6.45) is 2.19. The van der Waals surface area contributed by atoms with Gasteiger partial charge in [-0.3, -0.25) is 20.1 Å². The van der Waals surface area contributed by atoms with Gasteiger partial charge in [0.15, 0.2) is 0 Å². The molecule has 36 heavy (non-hydrogen) atoms. The van der Waals surface area contributed by atoms with Gasteiger partial charge in [-0.25, -0.2) is 8.78 Å². The van der Waals surface area contributed by atoms with E-state index in [1.54, 1.807) is 12.1 Å². The van der Waals surface area contributed by atoms with Gasteiger partial charge in [0.2, 0.25) is 5.13 Å². The quantitative estimate of drug-likeness (QED) is 0.362. The fourth-order valence-electron chi connectivity index (χ4n) is 4.00. The number of carbonyl (C=O) groups excluding carboxylic acids is 1. The number of nitriles is 1. The smallest absolute Gasteiger partial charge is 0.280 e. The van der Waals surface area contributed by atoms with Gasteiger partial charge in [-0.05, 0) is 42.2 Å². The third kappa shape index (κ3) is 4.63. The number of aromatic nitrogens is 4. The zero-order valence-electron chi connectivity index (χ0n) is 18.9. The molecule has 0 spiro atoms. The number of nitrogens with zero attached hydrogens (tertiary/aromatic N) is 5. The molecule has 3 aromatic heterocycles. The van der Waals surface area contributed by atoms with E-state index in [4.69, 9.17) is 10.00 Å². The number of halogens is 2. The Labute approximate surface area is 208 Å². The van der Waals surface area contributed by atoms with Crippen molar-refractivity contribution in [2.24, 2.45) is 0 Å². The van der Waals surface area contributed by atoms with Crippen LogP contribution in [0.25, 0.3) is 11.1 Å². The minimum atomic E-state index is -2.78. The number of methoxy groups -OCH3 is 1. The Kier molecular flexibility index (Phi) is 6.35. The van der Waals surface area contributed by atoms with E-state index in [1.807, 2.05) is 12.1 Å². The molecule has 11 heteroatoms. The monoisotopic (exact) mass is 504 g/mol. The molecule has 1 aliphatic rings. The second-order valence-electron chi connectivity index (χ2n) is 8.11. The van der Waals surface area contributed by atoms with Gasteiger partial charge in [-0.1, -0.05) is 23.5 Å². The summed E-state index contributed by atoms with van der Waals surface area (Å²) in [5.74, 6) is 0.255. The van der Waals surface area contributed by atoms with Gasteiger partial charge in [0.25, 0.3) is 12.3 Å². The van der Waals surface area contributed by atoms with Crippen LogP contribution in [0.1, 0.15) is 56.9 Å². The molecule has 1 fully saturated rings. The largest absolute Gasteiger partial charge is 0.494 e. The predicted octanol–water partition coefficient (Wildman–Crippen LogP) is 5.34. The highest BCUT2D eigenvalue weighted by Gasteiger charge is 2.42. The molecular weight excluding hydrogens is 486 g/mol. The van der Waals surface area contributed by atoms with Crippen LogP contribution >= 0.6 is 11.3 Å². The molecule has 1 saturated carbocycles. The number of benzene rings is 1. The lowest BCUT2D eigenvalue weighted by Gasteiger charge is -2.13. The van der Waals surface area contributed by atoms with Gasteiger partial charge in [-0.2, -0.15) is 5.26 Å². The second kappa shape index (κ2) is 9.75. The first kappa shape index (κ1) is 23.4. The number of nitrogens with one attached hydrogen (secondary N) is 1. The standard InChI is InChI=1S/C25H18F2N6O2S/c1-35-21-12-30-20(22(26)27)9-17(21)19-11-29-7-6-15(19)23(34)31-25-33-32-24(36-25)18-8-16(18)14-4-2-13(10-28)3-5-14/h2-7,9,11-12,16,18,22H,8H2,1H3,(H,31,33,34). The van der Waals surface area contributed by atoms with E-state index in [1.165, 1.54) is 49.2 Å². The third-order valence-electron chi connectivity index (χ3n) is 5.92. The molecule has 180 valence electrons. The third-order valence-corrected chi connectivity index (χ3v) is 6.90. The van der Waals surface area contributed by atoms with Crippen molar-refractivity contribution in [2.45, 2.75) is 24.7 Å². The number of hydrogen-bond acceptors (Lipinski definition) is 8. The van der Waals surface area contributed by atoms with Crippen molar-refractivity contribution < 1.29 is 18.3 Å². The fourth-order valence-corrected chi connectivity index (χ4v) is 4.92. The minimum absolute atomic E-state index is 0.200. The van der Waals surface area contributed by atoms with Gasteiger partial charge >= 0.3 is 0 Å². The number of carbonyl (C=O) groups is 1. The van der Waals surface area contributed by atoms with Gasteiger partial charge in [0.05, 0.1) is 30.5 Å². The molecule has 8 nitrogen and oxygen atoms in total. The molecule has 0 radical (unpaired) electrons. The number of anilines is 1. The average Bonchev–Trinajstić information content (AvgIpc) is 3.58. The average molecular weight is 505 g/mol. The topological polar surface area (TPSA) is 114 Å². The first-order valence-corrected chi connectivity index (χ1v) is 11.7. The van der Waals surface area contributed by atoms with Crippen LogP contribution in [-0.2, 0) is 0 Å². The second-order valence-corrected chi connectivity index (χ2v) is 9.12. The number of amides is 1. The Balaban J connectivity index is 1.35. The Morgan fingerprint density at radius 2 is 1.97 bits per heavy atom. The normalized spacial score (nSPS) is 16.4. The van der Waals surface area contributed by atoms with Crippen molar-refractivity contribution in [1.82, 2.24) is 20.2 Å². The number of pyridine rings is 2.